The molecule has 2 aromatic rings. The van der Waals surface area contributed by atoms with E-state index in [0.29, 0.717) is 19.1 Å². The van der Waals surface area contributed by atoms with Gasteiger partial charge in [0.05, 0.1) is 23.0 Å². The van der Waals surface area contributed by atoms with Gasteiger partial charge in [0, 0.05) is 12.7 Å². The molecule has 1 aromatic carbocycles. The van der Waals surface area contributed by atoms with E-state index in [-0.39, 0.29) is 12.0 Å². The number of ether oxygens (including phenoxy) is 1. The van der Waals surface area contributed by atoms with Crippen LogP contribution in [0.1, 0.15) is 6.92 Å². The van der Waals surface area contributed by atoms with Crippen molar-refractivity contribution < 1.29 is 9.66 Å². The molecule has 2 N–H and O–H groups in total. The summed E-state index contributed by atoms with van der Waals surface area (Å²) < 4.78 is 5.60. The van der Waals surface area contributed by atoms with Gasteiger partial charge in [0.25, 0.3) is 5.69 Å². The number of para-hydroxylation sites is 2. The van der Waals surface area contributed by atoms with Crippen LogP contribution >= 0.6 is 0 Å². The number of nitro groups is 1. The Morgan fingerprint density at radius 1 is 1.39 bits per heavy atom. The molecule has 2 heterocycles. The number of anilines is 3. The third kappa shape index (κ3) is 3.22. The highest BCUT2D eigenvalue weighted by Crippen LogP contribution is 2.32. The number of benzene rings is 1. The number of fused-ring (bicyclic) bond motifs is 1. The topological polar surface area (TPSA) is 92.6 Å². The molecule has 1 aromatic heterocycles. The lowest BCUT2D eigenvalue weighted by Gasteiger charge is -2.23. The van der Waals surface area contributed by atoms with Crippen LogP contribution in [0, 0.1) is 10.1 Å². The van der Waals surface area contributed by atoms with Gasteiger partial charge in [0.15, 0.2) is 6.35 Å². The smallest absolute Gasteiger partial charge is 0.287 e. The summed E-state index contributed by atoms with van der Waals surface area (Å²) in [5, 5.41) is 17.3. The van der Waals surface area contributed by atoms with E-state index in [9.17, 15) is 10.1 Å². The Kier molecular flexibility index (Phi) is 4.35. The summed E-state index contributed by atoms with van der Waals surface area (Å²) >= 11 is 0. The summed E-state index contributed by atoms with van der Waals surface area (Å²) in [6.45, 7) is 2.96. The Balaban J connectivity index is 1.94. The molecule has 0 radical (unpaired) electrons. The van der Waals surface area contributed by atoms with E-state index in [4.69, 9.17) is 4.74 Å². The summed E-state index contributed by atoms with van der Waals surface area (Å²) in [7, 11) is 0. The molecule has 0 fully saturated rings. The highest BCUT2D eigenvalue weighted by Gasteiger charge is 2.22. The quantitative estimate of drug-likeness (QED) is 0.661. The number of nitrogens with one attached hydrogen (secondary N) is 2. The number of hydrogen-bond acceptors (Lipinski definition) is 7. The maximum Gasteiger partial charge on any atom is 0.287 e. The van der Waals surface area contributed by atoms with E-state index in [0.717, 1.165) is 11.4 Å². The Morgan fingerprint density at radius 2 is 2.22 bits per heavy atom. The fourth-order valence-corrected chi connectivity index (χ4v) is 2.40. The first-order valence-electron chi connectivity index (χ1n) is 7.27. The number of rotatable bonds is 4. The van der Waals surface area contributed by atoms with Crippen molar-refractivity contribution in [3.05, 3.63) is 52.7 Å². The van der Waals surface area contributed by atoms with Gasteiger partial charge in [-0.15, -0.1) is 0 Å². The number of aromatic nitrogens is 1. The van der Waals surface area contributed by atoms with Crippen LogP contribution in [0.3, 0.4) is 0 Å². The highest BCUT2D eigenvalue weighted by molar-refractivity contribution is 5.76. The lowest BCUT2D eigenvalue weighted by atomic mass is 10.2. The van der Waals surface area contributed by atoms with Crippen LogP contribution in [0.5, 0.6) is 0 Å². The van der Waals surface area contributed by atoms with Crippen LogP contribution in [0.25, 0.3) is 0 Å². The molecular weight excluding hydrogens is 298 g/mol. The predicted molar refractivity (Wildman–Crippen MR) is 86.5 cm³/mol. The highest BCUT2D eigenvalue weighted by atomic mass is 16.6. The van der Waals surface area contributed by atoms with Crippen molar-refractivity contribution in [3.8, 4) is 0 Å². The minimum atomic E-state index is -0.460. The fraction of sp³-hybridized carbons (Fsp3) is 0.267. The second-order valence-electron chi connectivity index (χ2n) is 4.92. The van der Waals surface area contributed by atoms with Crippen molar-refractivity contribution in [2.24, 2.45) is 0 Å². The minimum Gasteiger partial charge on any atom is -0.346 e. The maximum absolute atomic E-state index is 10.8. The second-order valence-corrected chi connectivity index (χ2v) is 4.92. The third-order valence-electron chi connectivity index (χ3n) is 3.47. The SMILES string of the molecule is CCO[C@@H]1NCN(c2ccc([N+](=O)[O-])cn2)c2ccccc2N1. The molecule has 0 unspecified atom stereocenters. The summed E-state index contributed by atoms with van der Waals surface area (Å²) in [6, 6.07) is 10.9. The first kappa shape index (κ1) is 15.2. The molecule has 8 heteroatoms. The van der Waals surface area contributed by atoms with Crippen LogP contribution in [0.4, 0.5) is 22.9 Å². The lowest BCUT2D eigenvalue weighted by Crippen LogP contribution is -2.41. The van der Waals surface area contributed by atoms with E-state index in [2.05, 4.69) is 15.6 Å². The molecule has 23 heavy (non-hydrogen) atoms. The second kappa shape index (κ2) is 6.59. The van der Waals surface area contributed by atoms with Gasteiger partial charge in [-0.3, -0.25) is 15.4 Å². The van der Waals surface area contributed by atoms with Crippen molar-refractivity contribution in [1.82, 2.24) is 10.3 Å². The van der Waals surface area contributed by atoms with Gasteiger partial charge < -0.3 is 15.0 Å². The van der Waals surface area contributed by atoms with Gasteiger partial charge >= 0.3 is 0 Å². The molecule has 0 amide bonds. The normalized spacial score (nSPS) is 17.1. The van der Waals surface area contributed by atoms with Crippen molar-refractivity contribution >= 4 is 22.9 Å². The molecule has 0 aliphatic carbocycles. The molecule has 0 saturated carbocycles. The minimum absolute atomic E-state index is 0.0323. The van der Waals surface area contributed by atoms with E-state index >= 15 is 0 Å². The number of nitrogens with zero attached hydrogens (tertiary/aromatic N) is 3. The predicted octanol–water partition coefficient (Wildman–Crippen LogP) is 2.42. The van der Waals surface area contributed by atoms with Crippen LogP contribution in [-0.4, -0.2) is 29.5 Å². The number of hydrogen-bond donors (Lipinski definition) is 2. The van der Waals surface area contributed by atoms with Crippen LogP contribution in [0.2, 0.25) is 0 Å². The Hall–Kier alpha value is -2.71. The lowest BCUT2D eigenvalue weighted by molar-refractivity contribution is -0.385. The van der Waals surface area contributed by atoms with Gasteiger partial charge in [-0.2, -0.15) is 0 Å². The zero-order valence-electron chi connectivity index (χ0n) is 12.6. The summed E-state index contributed by atoms with van der Waals surface area (Å²) in [6.07, 6.45) is 0.945. The van der Waals surface area contributed by atoms with E-state index < -0.39 is 4.92 Å². The van der Waals surface area contributed by atoms with Crippen LogP contribution in [0.15, 0.2) is 42.6 Å². The standard InChI is InChI=1S/C15H17N5O3/c1-2-23-15-17-10-19(13-6-4-3-5-12(13)18-15)14-8-7-11(9-16-14)20(21)22/h3-9,15,17-18H,2,10H2,1H3/t15-/m1/s1. The molecule has 0 spiro atoms. The molecule has 3 rings (SSSR count). The molecule has 120 valence electrons. The Morgan fingerprint density at radius 3 is 2.91 bits per heavy atom. The van der Waals surface area contributed by atoms with Crippen LogP contribution in [-0.2, 0) is 4.74 Å². The number of pyridine rings is 1. The van der Waals surface area contributed by atoms with Gasteiger partial charge in [0.2, 0.25) is 0 Å². The average Bonchev–Trinajstić information content (AvgIpc) is 2.74. The van der Waals surface area contributed by atoms with E-state index in [1.54, 1.807) is 6.07 Å². The molecule has 1 aliphatic rings. The van der Waals surface area contributed by atoms with Crippen molar-refractivity contribution in [1.29, 1.82) is 0 Å². The largest absolute Gasteiger partial charge is 0.346 e. The molecule has 1 atom stereocenters. The maximum atomic E-state index is 10.8. The molecule has 1 aliphatic heterocycles. The Bertz CT molecular complexity index is 692. The average molecular weight is 315 g/mol. The summed E-state index contributed by atoms with van der Waals surface area (Å²) in [5.41, 5.74) is 1.79. The molecular formula is C15H17N5O3. The van der Waals surface area contributed by atoms with Crippen molar-refractivity contribution in [3.63, 3.8) is 0 Å². The summed E-state index contributed by atoms with van der Waals surface area (Å²) in [4.78, 5) is 16.5. The zero-order valence-corrected chi connectivity index (χ0v) is 12.6. The molecule has 8 nitrogen and oxygen atoms in total. The molecule has 0 saturated heterocycles. The van der Waals surface area contributed by atoms with Gasteiger partial charge in [-0.05, 0) is 25.1 Å². The van der Waals surface area contributed by atoms with Crippen LogP contribution < -0.4 is 15.5 Å². The van der Waals surface area contributed by atoms with E-state index in [1.807, 2.05) is 36.1 Å². The van der Waals surface area contributed by atoms with E-state index in [1.165, 1.54) is 12.3 Å². The zero-order chi connectivity index (χ0) is 16.2. The Labute approximate surface area is 133 Å². The molecule has 0 bridgehead atoms. The monoisotopic (exact) mass is 315 g/mol. The third-order valence-corrected chi connectivity index (χ3v) is 3.47. The van der Waals surface area contributed by atoms with Crippen molar-refractivity contribution in [2.75, 3.05) is 23.5 Å². The first-order valence-corrected chi connectivity index (χ1v) is 7.27. The fourth-order valence-electron chi connectivity index (χ4n) is 2.40. The summed E-state index contributed by atoms with van der Waals surface area (Å²) in [5.74, 6) is 0.620. The van der Waals surface area contributed by atoms with Gasteiger partial charge in [-0.25, -0.2) is 4.98 Å². The first-order chi connectivity index (χ1) is 11.2. The van der Waals surface area contributed by atoms with Gasteiger partial charge in [-0.1, -0.05) is 12.1 Å². The van der Waals surface area contributed by atoms with Gasteiger partial charge in [0.1, 0.15) is 12.0 Å². The van der Waals surface area contributed by atoms with Crippen molar-refractivity contribution in [2.45, 2.75) is 13.3 Å².